The van der Waals surface area contributed by atoms with Gasteiger partial charge in [-0.15, -0.1) is 0 Å². The number of ketones is 1. The molecule has 0 aliphatic carbocycles. The third kappa shape index (κ3) is 5.94. The predicted octanol–water partition coefficient (Wildman–Crippen LogP) is 5.89. The van der Waals surface area contributed by atoms with Gasteiger partial charge < -0.3 is 14.6 Å². The Labute approximate surface area is 217 Å². The fourth-order valence-electron chi connectivity index (χ4n) is 3.68. The fraction of sp³-hybridized carbons (Fsp3) is 0.0714. The van der Waals surface area contributed by atoms with Gasteiger partial charge in [0.15, 0.2) is 5.78 Å². The molecular weight excluding hydrogens is 492 g/mol. The van der Waals surface area contributed by atoms with Crippen LogP contribution in [0.15, 0.2) is 107 Å². The first-order valence-corrected chi connectivity index (χ1v) is 11.8. The van der Waals surface area contributed by atoms with Gasteiger partial charge in [0.2, 0.25) is 5.95 Å². The van der Waals surface area contributed by atoms with Gasteiger partial charge in [-0.1, -0.05) is 54.1 Å². The van der Waals surface area contributed by atoms with Crippen molar-refractivity contribution in [2.45, 2.75) is 13.0 Å². The highest BCUT2D eigenvalue weighted by Gasteiger charge is 2.15. The van der Waals surface area contributed by atoms with Gasteiger partial charge >= 0.3 is 0 Å². The molecule has 5 aromatic rings. The molecule has 0 aliphatic heterocycles. The van der Waals surface area contributed by atoms with Crippen LogP contribution in [0.3, 0.4) is 0 Å². The topological polar surface area (TPSA) is 99.2 Å². The van der Waals surface area contributed by atoms with Crippen molar-refractivity contribution in [2.24, 2.45) is 0 Å². The molecule has 0 saturated carbocycles. The van der Waals surface area contributed by atoms with Gasteiger partial charge in [-0.25, -0.2) is 4.98 Å². The zero-order chi connectivity index (χ0) is 25.6. The molecule has 0 bridgehead atoms. The van der Waals surface area contributed by atoms with Crippen molar-refractivity contribution < 1.29 is 14.1 Å². The minimum atomic E-state index is -0.303. The van der Waals surface area contributed by atoms with Gasteiger partial charge in [0, 0.05) is 40.5 Å². The molecule has 0 unspecified atom stereocenters. The molecule has 9 heteroatoms. The molecule has 0 amide bonds. The zero-order valence-corrected chi connectivity index (χ0v) is 20.3. The number of carbonyl (C=O) groups is 1. The van der Waals surface area contributed by atoms with Crippen LogP contribution in [0.2, 0.25) is 5.02 Å². The number of nitrogens with one attached hydrogen (secondary N) is 1. The maximum absolute atomic E-state index is 13.5. The number of anilines is 2. The van der Waals surface area contributed by atoms with Crippen LogP contribution in [0.25, 0.3) is 0 Å². The van der Waals surface area contributed by atoms with E-state index in [1.807, 2.05) is 18.2 Å². The number of aromatic nitrogens is 3. The van der Waals surface area contributed by atoms with E-state index in [1.165, 1.54) is 17.0 Å². The zero-order valence-electron chi connectivity index (χ0n) is 19.5. The number of ether oxygens (including phenoxy) is 1. The normalized spacial score (nSPS) is 10.7. The van der Waals surface area contributed by atoms with Crippen LogP contribution in [-0.2, 0) is 13.0 Å². The Hall–Kier alpha value is -4.69. The van der Waals surface area contributed by atoms with Crippen molar-refractivity contribution in [3.8, 4) is 11.6 Å². The van der Waals surface area contributed by atoms with Crippen molar-refractivity contribution in [3.63, 3.8) is 0 Å². The molecule has 1 N–H and O–H groups in total. The van der Waals surface area contributed by atoms with E-state index in [-0.39, 0.29) is 24.3 Å². The van der Waals surface area contributed by atoms with Crippen LogP contribution in [-0.4, -0.2) is 20.5 Å². The number of halogens is 1. The number of hydrogen-bond acceptors (Lipinski definition) is 7. The smallest absolute Gasteiger partial charge is 0.259 e. The van der Waals surface area contributed by atoms with E-state index in [1.54, 1.807) is 66.7 Å². The standard InChI is InChI=1S/C28H21ClN4O4/c29-22-8-6-19(7-9-22)18-33-27(35)21(16-25(34)20-4-2-1-3-5-20)17-30-28(33)31-23-10-12-24(13-11-23)37-26-14-15-36-32-26/h1-15,17H,16,18H2,(H,30,31). The molecule has 0 saturated heterocycles. The monoisotopic (exact) mass is 512 g/mol. The van der Waals surface area contributed by atoms with Crippen molar-refractivity contribution in [3.05, 3.63) is 129 Å². The number of carbonyl (C=O) groups excluding carboxylic acids is 1. The molecule has 0 aliphatic rings. The summed E-state index contributed by atoms with van der Waals surface area (Å²) in [6.45, 7) is 0.242. The lowest BCUT2D eigenvalue weighted by atomic mass is 10.1. The van der Waals surface area contributed by atoms with E-state index >= 15 is 0 Å². The summed E-state index contributed by atoms with van der Waals surface area (Å²) in [6.07, 6.45) is 2.82. The Kier molecular flexibility index (Phi) is 7.09. The van der Waals surface area contributed by atoms with Crippen molar-refractivity contribution in [1.29, 1.82) is 0 Å². The largest absolute Gasteiger partial charge is 0.436 e. The Balaban J connectivity index is 1.43. The summed E-state index contributed by atoms with van der Waals surface area (Å²) in [4.78, 5) is 30.8. The molecule has 184 valence electrons. The summed E-state index contributed by atoms with van der Waals surface area (Å²) >= 11 is 6.03. The molecule has 37 heavy (non-hydrogen) atoms. The van der Waals surface area contributed by atoms with E-state index in [0.29, 0.717) is 39.4 Å². The molecular formula is C28H21ClN4O4. The van der Waals surface area contributed by atoms with Crippen LogP contribution in [0, 0.1) is 0 Å². The molecule has 2 aromatic heterocycles. The fourth-order valence-corrected chi connectivity index (χ4v) is 3.81. The van der Waals surface area contributed by atoms with Gasteiger partial charge in [0.05, 0.1) is 6.54 Å². The van der Waals surface area contributed by atoms with Crippen LogP contribution < -0.4 is 15.6 Å². The first-order chi connectivity index (χ1) is 18.0. The van der Waals surface area contributed by atoms with Crippen molar-refractivity contribution >= 4 is 29.0 Å². The lowest BCUT2D eigenvalue weighted by Gasteiger charge is -2.15. The summed E-state index contributed by atoms with van der Waals surface area (Å²) in [5, 5.41) is 7.52. The van der Waals surface area contributed by atoms with Crippen LogP contribution in [0.4, 0.5) is 11.6 Å². The van der Waals surface area contributed by atoms with Gasteiger partial charge in [0.25, 0.3) is 11.4 Å². The lowest BCUT2D eigenvalue weighted by Crippen LogP contribution is -2.28. The summed E-state index contributed by atoms with van der Waals surface area (Å²) in [6, 6.07) is 24.8. The quantitative estimate of drug-likeness (QED) is 0.246. The second kappa shape index (κ2) is 10.9. The lowest BCUT2D eigenvalue weighted by molar-refractivity contribution is 0.0992. The number of rotatable bonds is 9. The predicted molar refractivity (Wildman–Crippen MR) is 140 cm³/mol. The first kappa shape index (κ1) is 24.0. The number of Topliss-reactive ketones (excluding diaryl/α,β-unsaturated/α-hetero) is 1. The highest BCUT2D eigenvalue weighted by Crippen LogP contribution is 2.23. The summed E-state index contributed by atoms with van der Waals surface area (Å²) in [7, 11) is 0. The molecule has 8 nitrogen and oxygen atoms in total. The second-order valence-corrected chi connectivity index (χ2v) is 8.62. The second-order valence-electron chi connectivity index (χ2n) is 8.18. The average Bonchev–Trinajstić information content (AvgIpc) is 3.43. The molecule has 0 fully saturated rings. The van der Waals surface area contributed by atoms with Gasteiger partial charge in [-0.3, -0.25) is 14.2 Å². The molecule has 0 radical (unpaired) electrons. The van der Waals surface area contributed by atoms with E-state index in [0.717, 1.165) is 5.56 Å². The average molecular weight is 513 g/mol. The third-order valence-electron chi connectivity index (χ3n) is 5.57. The molecule has 3 aromatic carbocycles. The summed E-state index contributed by atoms with van der Waals surface area (Å²) < 4.78 is 11.9. The van der Waals surface area contributed by atoms with Gasteiger partial charge in [0.1, 0.15) is 12.0 Å². The van der Waals surface area contributed by atoms with Crippen LogP contribution in [0.1, 0.15) is 21.5 Å². The van der Waals surface area contributed by atoms with E-state index in [4.69, 9.17) is 20.9 Å². The number of nitrogens with zero attached hydrogens (tertiary/aromatic N) is 3. The molecule has 0 atom stereocenters. The van der Waals surface area contributed by atoms with E-state index in [9.17, 15) is 9.59 Å². The Morgan fingerprint density at radius 2 is 1.73 bits per heavy atom. The SMILES string of the molecule is O=C(Cc1cnc(Nc2ccc(Oc3ccon3)cc2)n(Cc2ccc(Cl)cc2)c1=O)c1ccccc1. The van der Waals surface area contributed by atoms with Crippen molar-refractivity contribution in [2.75, 3.05) is 5.32 Å². The maximum atomic E-state index is 13.5. The highest BCUT2D eigenvalue weighted by atomic mass is 35.5. The van der Waals surface area contributed by atoms with E-state index < -0.39 is 0 Å². The van der Waals surface area contributed by atoms with Gasteiger partial charge in [-0.2, -0.15) is 0 Å². The van der Waals surface area contributed by atoms with Crippen molar-refractivity contribution in [1.82, 2.24) is 14.7 Å². The molecule has 2 heterocycles. The minimum absolute atomic E-state index is 0.0508. The first-order valence-electron chi connectivity index (χ1n) is 11.4. The van der Waals surface area contributed by atoms with Gasteiger partial charge in [-0.05, 0) is 47.1 Å². The summed E-state index contributed by atoms with van der Waals surface area (Å²) in [5.41, 5.74) is 2.10. The number of hydrogen-bond donors (Lipinski definition) is 1. The van der Waals surface area contributed by atoms with E-state index in [2.05, 4.69) is 15.5 Å². The maximum Gasteiger partial charge on any atom is 0.259 e. The Bertz CT molecular complexity index is 1550. The molecule has 5 rings (SSSR count). The number of benzene rings is 3. The Morgan fingerprint density at radius 1 is 0.973 bits per heavy atom. The Morgan fingerprint density at radius 3 is 2.43 bits per heavy atom. The third-order valence-corrected chi connectivity index (χ3v) is 5.82. The molecule has 0 spiro atoms. The minimum Gasteiger partial charge on any atom is -0.436 e. The van der Waals surface area contributed by atoms with Crippen LogP contribution in [0.5, 0.6) is 11.6 Å². The summed E-state index contributed by atoms with van der Waals surface area (Å²) in [5.74, 6) is 1.10. The highest BCUT2D eigenvalue weighted by molar-refractivity contribution is 6.30. The van der Waals surface area contributed by atoms with Crippen LogP contribution >= 0.6 is 11.6 Å².